The molecule has 2 heterocycles. The van der Waals surface area contributed by atoms with Crippen LogP contribution in [0.3, 0.4) is 0 Å². The average Bonchev–Trinajstić information content (AvgIpc) is 3.03. The Morgan fingerprint density at radius 2 is 1.92 bits per heavy atom. The van der Waals surface area contributed by atoms with Gasteiger partial charge < -0.3 is 5.32 Å². The maximum atomic E-state index is 13.3. The zero-order valence-corrected chi connectivity index (χ0v) is 14.8. The summed E-state index contributed by atoms with van der Waals surface area (Å²) in [6.07, 6.45) is -0.247. The molecule has 26 heavy (non-hydrogen) atoms. The van der Waals surface area contributed by atoms with E-state index in [4.69, 9.17) is 0 Å². The second-order valence-corrected chi connectivity index (χ2v) is 5.92. The molecule has 0 aliphatic heterocycles. The molecule has 0 amide bonds. The Kier molecular flexibility index (Phi) is 5.55. The van der Waals surface area contributed by atoms with Crippen molar-refractivity contribution < 1.29 is 8.78 Å². The molecule has 0 saturated heterocycles. The van der Waals surface area contributed by atoms with Gasteiger partial charge in [-0.25, -0.2) is 18.7 Å². The minimum Gasteiger partial charge on any atom is -0.354 e. The first-order valence-electron chi connectivity index (χ1n) is 8.56. The Bertz CT molecular complexity index is 862. The fourth-order valence-corrected chi connectivity index (χ4v) is 2.77. The number of hydrogen-bond acceptors (Lipinski definition) is 4. The van der Waals surface area contributed by atoms with Crippen LogP contribution in [0, 0.1) is 6.92 Å². The van der Waals surface area contributed by atoms with E-state index >= 15 is 0 Å². The number of rotatable bonds is 7. The van der Waals surface area contributed by atoms with E-state index in [-0.39, 0.29) is 11.6 Å². The van der Waals surface area contributed by atoms with Crippen LogP contribution >= 0.6 is 0 Å². The molecule has 1 N–H and O–H groups in total. The topological polar surface area (TPSA) is 55.6 Å². The zero-order valence-electron chi connectivity index (χ0n) is 14.8. The molecular weight excluding hydrogens is 336 g/mol. The van der Waals surface area contributed by atoms with E-state index in [0.29, 0.717) is 18.8 Å². The second-order valence-electron chi connectivity index (χ2n) is 5.92. The molecule has 0 radical (unpaired) electrons. The Hall–Kier alpha value is -2.83. The fourth-order valence-electron chi connectivity index (χ4n) is 2.77. The predicted octanol–water partition coefficient (Wildman–Crippen LogP) is 4.26. The van der Waals surface area contributed by atoms with Crippen LogP contribution in [0.1, 0.15) is 30.3 Å². The van der Waals surface area contributed by atoms with Gasteiger partial charge in [-0.1, -0.05) is 30.3 Å². The van der Waals surface area contributed by atoms with Crippen LogP contribution < -0.4 is 5.32 Å². The SMILES string of the molecule is CCn1ncc(-c2cc(C(F)F)nc(NCCc3ccccc3)n2)c1C. The highest BCUT2D eigenvalue weighted by atomic mass is 19.3. The summed E-state index contributed by atoms with van der Waals surface area (Å²) in [6, 6.07) is 11.3. The second kappa shape index (κ2) is 8.03. The van der Waals surface area contributed by atoms with Crippen molar-refractivity contribution in [2.24, 2.45) is 0 Å². The van der Waals surface area contributed by atoms with Gasteiger partial charge in [0.1, 0.15) is 5.69 Å². The summed E-state index contributed by atoms with van der Waals surface area (Å²) >= 11 is 0. The summed E-state index contributed by atoms with van der Waals surface area (Å²) in [7, 11) is 0. The van der Waals surface area contributed by atoms with Crippen molar-refractivity contribution in [1.82, 2.24) is 19.7 Å². The molecule has 0 bridgehead atoms. The molecule has 1 aromatic carbocycles. The number of nitrogens with zero attached hydrogens (tertiary/aromatic N) is 4. The lowest BCUT2D eigenvalue weighted by molar-refractivity contribution is 0.146. The summed E-state index contributed by atoms with van der Waals surface area (Å²) in [5.41, 5.74) is 2.95. The van der Waals surface area contributed by atoms with E-state index in [9.17, 15) is 8.78 Å². The predicted molar refractivity (Wildman–Crippen MR) is 97.3 cm³/mol. The molecule has 0 unspecified atom stereocenters. The number of anilines is 1. The third-order valence-electron chi connectivity index (χ3n) is 4.19. The van der Waals surface area contributed by atoms with Crippen LogP contribution in [0.4, 0.5) is 14.7 Å². The maximum absolute atomic E-state index is 13.3. The maximum Gasteiger partial charge on any atom is 0.280 e. The van der Waals surface area contributed by atoms with Crippen LogP contribution in [0.2, 0.25) is 0 Å². The Morgan fingerprint density at radius 3 is 2.58 bits per heavy atom. The highest BCUT2D eigenvalue weighted by Gasteiger charge is 2.16. The number of benzene rings is 1. The number of aryl methyl sites for hydroxylation is 1. The average molecular weight is 357 g/mol. The van der Waals surface area contributed by atoms with Crippen molar-refractivity contribution in [2.45, 2.75) is 33.2 Å². The lowest BCUT2D eigenvalue weighted by Gasteiger charge is -2.10. The Morgan fingerprint density at radius 1 is 1.15 bits per heavy atom. The van der Waals surface area contributed by atoms with Crippen LogP contribution in [-0.2, 0) is 13.0 Å². The highest BCUT2D eigenvalue weighted by Crippen LogP contribution is 2.26. The van der Waals surface area contributed by atoms with E-state index in [1.807, 2.05) is 48.9 Å². The van der Waals surface area contributed by atoms with E-state index in [0.717, 1.165) is 23.2 Å². The van der Waals surface area contributed by atoms with Crippen molar-refractivity contribution in [1.29, 1.82) is 0 Å². The summed E-state index contributed by atoms with van der Waals surface area (Å²) in [5, 5.41) is 7.32. The first kappa shape index (κ1) is 18.0. The summed E-state index contributed by atoms with van der Waals surface area (Å²) in [5.74, 6) is 0.206. The van der Waals surface area contributed by atoms with Crippen molar-refractivity contribution in [2.75, 3.05) is 11.9 Å². The molecule has 3 aromatic rings. The molecule has 5 nitrogen and oxygen atoms in total. The summed E-state index contributed by atoms with van der Waals surface area (Å²) < 4.78 is 28.3. The molecule has 0 atom stereocenters. The molecule has 0 saturated carbocycles. The van der Waals surface area contributed by atoms with Gasteiger partial charge in [0.25, 0.3) is 6.43 Å². The van der Waals surface area contributed by atoms with Gasteiger partial charge >= 0.3 is 0 Å². The van der Waals surface area contributed by atoms with Gasteiger partial charge in [-0.15, -0.1) is 0 Å². The lowest BCUT2D eigenvalue weighted by Crippen LogP contribution is -2.10. The summed E-state index contributed by atoms with van der Waals surface area (Å²) in [4.78, 5) is 8.36. The first-order chi connectivity index (χ1) is 12.6. The van der Waals surface area contributed by atoms with E-state index < -0.39 is 6.43 Å². The normalized spacial score (nSPS) is 11.1. The van der Waals surface area contributed by atoms with Gasteiger partial charge in [-0.05, 0) is 31.9 Å². The number of nitrogens with one attached hydrogen (secondary N) is 1. The van der Waals surface area contributed by atoms with Gasteiger partial charge in [-0.3, -0.25) is 4.68 Å². The molecule has 0 aliphatic rings. The van der Waals surface area contributed by atoms with Crippen LogP contribution in [0.5, 0.6) is 0 Å². The van der Waals surface area contributed by atoms with Gasteiger partial charge in [0, 0.05) is 24.3 Å². The minimum absolute atomic E-state index is 0.206. The standard InChI is InChI=1S/C19H21F2N5/c1-3-26-13(2)15(12-23-26)16-11-17(18(20)21)25-19(24-16)22-10-9-14-7-5-4-6-8-14/h4-8,11-12,18H,3,9-10H2,1-2H3,(H,22,24,25). The van der Waals surface area contributed by atoms with E-state index in [2.05, 4.69) is 20.4 Å². The smallest absolute Gasteiger partial charge is 0.280 e. The van der Waals surface area contributed by atoms with E-state index in [1.54, 1.807) is 6.20 Å². The van der Waals surface area contributed by atoms with Crippen molar-refractivity contribution in [3.63, 3.8) is 0 Å². The zero-order chi connectivity index (χ0) is 18.5. The largest absolute Gasteiger partial charge is 0.354 e. The van der Waals surface area contributed by atoms with Gasteiger partial charge in [0.05, 0.1) is 11.9 Å². The Balaban J connectivity index is 1.83. The fraction of sp³-hybridized carbons (Fsp3) is 0.316. The van der Waals surface area contributed by atoms with Crippen molar-refractivity contribution in [3.05, 3.63) is 59.5 Å². The first-order valence-corrected chi connectivity index (χ1v) is 8.56. The van der Waals surface area contributed by atoms with Crippen LogP contribution in [0.25, 0.3) is 11.3 Å². The van der Waals surface area contributed by atoms with Crippen LogP contribution in [0.15, 0.2) is 42.6 Å². The molecule has 136 valence electrons. The molecule has 0 aliphatic carbocycles. The lowest BCUT2D eigenvalue weighted by atomic mass is 10.1. The van der Waals surface area contributed by atoms with Crippen LogP contribution in [-0.4, -0.2) is 26.3 Å². The molecule has 0 fully saturated rings. The quantitative estimate of drug-likeness (QED) is 0.686. The van der Waals surface area contributed by atoms with E-state index in [1.165, 1.54) is 6.07 Å². The number of alkyl halides is 2. The summed E-state index contributed by atoms with van der Waals surface area (Å²) in [6.45, 7) is 5.15. The monoisotopic (exact) mass is 357 g/mol. The number of aromatic nitrogens is 4. The molecular formula is C19H21F2N5. The third kappa shape index (κ3) is 4.04. The highest BCUT2D eigenvalue weighted by molar-refractivity contribution is 5.62. The molecule has 0 spiro atoms. The van der Waals surface area contributed by atoms with Crippen molar-refractivity contribution in [3.8, 4) is 11.3 Å². The van der Waals surface area contributed by atoms with Gasteiger partial charge in [-0.2, -0.15) is 5.10 Å². The van der Waals surface area contributed by atoms with Crippen molar-refractivity contribution >= 4 is 5.95 Å². The number of hydrogen-bond donors (Lipinski definition) is 1. The van der Waals surface area contributed by atoms with Gasteiger partial charge in [0.15, 0.2) is 0 Å². The third-order valence-corrected chi connectivity index (χ3v) is 4.19. The molecule has 7 heteroatoms. The van der Waals surface area contributed by atoms with Gasteiger partial charge in [0.2, 0.25) is 5.95 Å². The molecule has 3 rings (SSSR count). The number of halogens is 2. The Labute approximate surface area is 151 Å². The molecule has 2 aromatic heterocycles. The minimum atomic E-state index is -2.66.